The van der Waals surface area contributed by atoms with Crippen molar-refractivity contribution in [2.24, 2.45) is 0 Å². The largest absolute Gasteiger partial charge is 0.487 e. The molecule has 0 aliphatic rings. The molecule has 4 aromatic heterocycles. The Hall–Kier alpha value is -8.12. The van der Waals surface area contributed by atoms with Crippen LogP contribution in [-0.4, -0.2) is 51.2 Å². The number of H-pyrrole nitrogens is 2. The first-order valence-electron chi connectivity index (χ1n) is 22.3. The van der Waals surface area contributed by atoms with E-state index in [0.717, 1.165) is 81.5 Å². The summed E-state index contributed by atoms with van der Waals surface area (Å²) in [6, 6.07) is 58.0. The molecule has 0 saturated carbocycles. The highest BCUT2D eigenvalue weighted by Gasteiger charge is 2.14. The van der Waals surface area contributed by atoms with Crippen LogP contribution in [0.4, 0.5) is 0 Å². The lowest BCUT2D eigenvalue weighted by Crippen LogP contribution is -2.03. The van der Waals surface area contributed by atoms with Crippen LogP contribution < -0.4 is 9.47 Å². The molecule has 0 saturated heterocycles. The normalized spacial score (nSPS) is 12.0. The van der Waals surface area contributed by atoms with Gasteiger partial charge in [-0.15, -0.1) is 20.4 Å². The number of para-hydroxylation sites is 2. The van der Waals surface area contributed by atoms with Crippen molar-refractivity contribution in [3.63, 3.8) is 0 Å². The molecule has 10 aromatic rings. The standard InChI is InChI=1S/2C27H25N5O/c1-19(9-10-20-5-4-7-23(17-20)27-29-31-32-30-27)21-12-15-25(16-13-21)33-18-24-14-11-22-6-2-3-8-26(22)28-24;1-2-20(16-19-10-12-22(13-11-19)27-29-31-32-30-27)23-7-5-8-25(17-23)33-18-24-15-14-21-6-3-4-9-26(21)28-24/h2-8,11-17,19H,9-10,18H2,1H3,(H,29,30,31,32);3-15,17,20H,2,16,18H2,1H3,(H,29,30,31,32). The second-order valence-corrected chi connectivity index (χ2v) is 16.3. The van der Waals surface area contributed by atoms with Gasteiger partial charge in [-0.25, -0.2) is 9.97 Å². The van der Waals surface area contributed by atoms with E-state index in [4.69, 9.17) is 14.5 Å². The number of aromatic nitrogens is 10. The summed E-state index contributed by atoms with van der Waals surface area (Å²) in [7, 11) is 0. The molecule has 12 heteroatoms. The van der Waals surface area contributed by atoms with Gasteiger partial charge in [-0.3, -0.25) is 0 Å². The van der Waals surface area contributed by atoms with Gasteiger partial charge in [0.1, 0.15) is 24.7 Å². The Morgan fingerprint density at radius 1 is 0.515 bits per heavy atom. The van der Waals surface area contributed by atoms with E-state index in [1.165, 1.54) is 22.3 Å². The van der Waals surface area contributed by atoms with E-state index >= 15 is 0 Å². The minimum Gasteiger partial charge on any atom is -0.487 e. The molecule has 6 aromatic carbocycles. The van der Waals surface area contributed by atoms with Crippen molar-refractivity contribution < 1.29 is 9.47 Å². The molecule has 328 valence electrons. The lowest BCUT2D eigenvalue weighted by atomic mass is 9.89. The van der Waals surface area contributed by atoms with E-state index in [1.54, 1.807) is 0 Å². The highest BCUT2D eigenvalue weighted by atomic mass is 16.5. The number of nitrogens with one attached hydrogen (secondary N) is 2. The highest BCUT2D eigenvalue weighted by molar-refractivity contribution is 5.79. The van der Waals surface area contributed by atoms with Gasteiger partial charge in [0.2, 0.25) is 11.6 Å². The number of ether oxygens (including phenoxy) is 2. The molecule has 2 N–H and O–H groups in total. The van der Waals surface area contributed by atoms with Gasteiger partial charge in [0.25, 0.3) is 0 Å². The van der Waals surface area contributed by atoms with E-state index in [0.29, 0.717) is 36.7 Å². The van der Waals surface area contributed by atoms with Gasteiger partial charge in [-0.1, -0.05) is 129 Å². The Morgan fingerprint density at radius 2 is 1.14 bits per heavy atom. The van der Waals surface area contributed by atoms with E-state index in [1.807, 2.05) is 91.0 Å². The van der Waals surface area contributed by atoms with Gasteiger partial charge in [0, 0.05) is 21.9 Å². The predicted octanol–water partition coefficient (Wildman–Crippen LogP) is 11.5. The summed E-state index contributed by atoms with van der Waals surface area (Å²) in [6.07, 6.45) is 4.04. The quantitative estimate of drug-likeness (QED) is 0.0959. The van der Waals surface area contributed by atoms with Crippen LogP contribution in [0.3, 0.4) is 0 Å². The SMILES string of the molecule is CC(CCc1cccc(-c2nn[nH]n2)c1)c1ccc(OCc2ccc3ccccc3n2)cc1.CCC(Cc1ccc(-c2nn[nH]n2)cc1)c1cccc(OCc2ccc3ccccc3n2)c1. The van der Waals surface area contributed by atoms with Crippen molar-refractivity contribution in [1.29, 1.82) is 0 Å². The van der Waals surface area contributed by atoms with Crippen LogP contribution in [0.5, 0.6) is 11.5 Å². The number of hydrogen-bond donors (Lipinski definition) is 2. The van der Waals surface area contributed by atoms with Crippen LogP contribution in [0.25, 0.3) is 44.6 Å². The molecule has 2 unspecified atom stereocenters. The van der Waals surface area contributed by atoms with E-state index < -0.39 is 0 Å². The van der Waals surface area contributed by atoms with E-state index in [-0.39, 0.29) is 0 Å². The summed E-state index contributed by atoms with van der Waals surface area (Å²) in [5.41, 5.74) is 10.9. The van der Waals surface area contributed by atoms with Gasteiger partial charge >= 0.3 is 0 Å². The maximum atomic E-state index is 6.10. The Morgan fingerprint density at radius 3 is 1.77 bits per heavy atom. The van der Waals surface area contributed by atoms with E-state index in [9.17, 15) is 0 Å². The molecule has 4 heterocycles. The summed E-state index contributed by atoms with van der Waals surface area (Å²) in [6.45, 7) is 5.39. The molecule has 12 nitrogen and oxygen atoms in total. The first kappa shape index (κ1) is 43.1. The van der Waals surface area contributed by atoms with Gasteiger partial charge < -0.3 is 9.47 Å². The zero-order valence-corrected chi connectivity index (χ0v) is 37.0. The maximum absolute atomic E-state index is 6.10. The summed E-state index contributed by atoms with van der Waals surface area (Å²) in [5.74, 6) is 3.80. The number of pyridine rings is 2. The van der Waals surface area contributed by atoms with E-state index in [2.05, 4.69) is 139 Å². The zero-order chi connectivity index (χ0) is 44.9. The summed E-state index contributed by atoms with van der Waals surface area (Å²) in [4.78, 5) is 9.38. The molecular weight excluding hydrogens is 821 g/mol. The van der Waals surface area contributed by atoms with Crippen LogP contribution in [0.1, 0.15) is 72.2 Å². The molecule has 0 radical (unpaired) electrons. The van der Waals surface area contributed by atoms with Gasteiger partial charge in [-0.05, 0) is 125 Å². The number of fused-ring (bicyclic) bond motifs is 2. The number of hydrogen-bond acceptors (Lipinski definition) is 10. The minimum absolute atomic E-state index is 0.406. The molecule has 2 atom stereocenters. The first-order valence-corrected chi connectivity index (χ1v) is 22.3. The number of benzene rings is 6. The zero-order valence-electron chi connectivity index (χ0n) is 37.0. The number of tetrazole rings is 2. The van der Waals surface area contributed by atoms with Gasteiger partial charge in [-0.2, -0.15) is 10.4 Å². The lowest BCUT2D eigenvalue weighted by Gasteiger charge is -2.17. The Balaban J connectivity index is 0.000000166. The van der Waals surface area contributed by atoms with Gasteiger partial charge in [0.05, 0.1) is 22.4 Å². The molecule has 10 rings (SSSR count). The fraction of sp³-hybridized carbons (Fsp3) is 0.185. The van der Waals surface area contributed by atoms with Crippen LogP contribution >= 0.6 is 0 Å². The van der Waals surface area contributed by atoms with Crippen LogP contribution in [0, 0.1) is 0 Å². The molecule has 0 aliphatic heterocycles. The second-order valence-electron chi connectivity index (χ2n) is 16.3. The monoisotopic (exact) mass is 870 g/mol. The van der Waals surface area contributed by atoms with Crippen LogP contribution in [0.2, 0.25) is 0 Å². The Labute approximate surface area is 383 Å². The number of aryl methyl sites for hydroxylation is 1. The van der Waals surface area contributed by atoms with Crippen LogP contribution in [0.15, 0.2) is 170 Å². The molecule has 0 amide bonds. The molecule has 0 spiro atoms. The number of rotatable bonds is 16. The fourth-order valence-electron chi connectivity index (χ4n) is 8.00. The predicted molar refractivity (Wildman–Crippen MR) is 258 cm³/mol. The first-order chi connectivity index (χ1) is 32.5. The third-order valence-electron chi connectivity index (χ3n) is 11.8. The molecule has 0 fully saturated rings. The molecule has 0 aliphatic carbocycles. The Bertz CT molecular complexity index is 3090. The van der Waals surface area contributed by atoms with Crippen LogP contribution in [-0.2, 0) is 26.1 Å². The average molecular weight is 871 g/mol. The third kappa shape index (κ3) is 11.1. The second kappa shape index (κ2) is 21.0. The smallest absolute Gasteiger partial charge is 0.204 e. The minimum atomic E-state index is 0.406. The third-order valence-corrected chi connectivity index (χ3v) is 11.8. The number of aromatic amines is 2. The topological polar surface area (TPSA) is 153 Å². The van der Waals surface area contributed by atoms with Gasteiger partial charge in [0.15, 0.2) is 0 Å². The van der Waals surface area contributed by atoms with Crippen molar-refractivity contribution in [3.8, 4) is 34.3 Å². The Kier molecular flexibility index (Phi) is 13.8. The molecular formula is C54H50N10O2. The van der Waals surface area contributed by atoms with Crippen molar-refractivity contribution >= 4 is 21.8 Å². The van der Waals surface area contributed by atoms with Crippen molar-refractivity contribution in [1.82, 2.24) is 51.2 Å². The summed E-state index contributed by atoms with van der Waals surface area (Å²) >= 11 is 0. The molecule has 66 heavy (non-hydrogen) atoms. The average Bonchev–Trinajstić information content (AvgIpc) is 4.14. The van der Waals surface area contributed by atoms with Crippen molar-refractivity contribution in [2.75, 3.05) is 0 Å². The highest BCUT2D eigenvalue weighted by Crippen LogP contribution is 2.29. The van der Waals surface area contributed by atoms with Crippen molar-refractivity contribution in [2.45, 2.75) is 64.6 Å². The summed E-state index contributed by atoms with van der Waals surface area (Å²) in [5, 5.41) is 30.7. The van der Waals surface area contributed by atoms with Crippen molar-refractivity contribution in [3.05, 3.63) is 203 Å². The molecule has 0 bridgehead atoms. The summed E-state index contributed by atoms with van der Waals surface area (Å²) < 4.78 is 12.1. The fourth-order valence-corrected chi connectivity index (χ4v) is 8.00. The lowest BCUT2D eigenvalue weighted by molar-refractivity contribution is 0.301. The maximum Gasteiger partial charge on any atom is 0.204 e. The number of nitrogens with zero attached hydrogens (tertiary/aromatic N) is 8.